The van der Waals surface area contributed by atoms with E-state index in [1.165, 1.54) is 18.2 Å². The van der Waals surface area contributed by atoms with Crippen LogP contribution in [0.3, 0.4) is 0 Å². The molecule has 0 aliphatic carbocycles. The summed E-state index contributed by atoms with van der Waals surface area (Å²) in [7, 11) is 0. The van der Waals surface area contributed by atoms with Crippen molar-refractivity contribution in [2.45, 2.75) is 33.2 Å². The minimum absolute atomic E-state index is 0.0225. The van der Waals surface area contributed by atoms with Gasteiger partial charge in [-0.15, -0.1) is 0 Å². The highest BCUT2D eigenvalue weighted by atomic mass is 19.1. The Hall–Kier alpha value is -1.12. The Kier molecular flexibility index (Phi) is 4.06. The molecule has 0 aliphatic heterocycles. The lowest BCUT2D eigenvalue weighted by atomic mass is 10.1. The van der Waals surface area contributed by atoms with Crippen LogP contribution in [0.5, 0.6) is 0 Å². The fraction of sp³-hybridized carbons (Fsp3) is 0.500. The average Bonchev–Trinajstić information content (AvgIpc) is 2.10. The van der Waals surface area contributed by atoms with Crippen molar-refractivity contribution in [3.8, 4) is 0 Å². The second kappa shape index (κ2) is 5.10. The largest absolute Gasteiger partial charge is 0.378 e. The summed E-state index contributed by atoms with van der Waals surface area (Å²) in [6, 6.07) is 3.95. The van der Waals surface area contributed by atoms with Gasteiger partial charge in [-0.1, -0.05) is 19.9 Å². The second-order valence-electron chi connectivity index (χ2n) is 4.27. The molecule has 84 valence electrons. The van der Waals surface area contributed by atoms with Crippen molar-refractivity contribution < 1.29 is 8.78 Å². The van der Waals surface area contributed by atoms with Gasteiger partial charge in [-0.05, 0) is 31.4 Å². The van der Waals surface area contributed by atoms with Crippen molar-refractivity contribution in [3.63, 3.8) is 0 Å². The summed E-state index contributed by atoms with van der Waals surface area (Å²) >= 11 is 0. The smallest absolute Gasteiger partial charge is 0.149 e. The second-order valence-corrected chi connectivity index (χ2v) is 4.27. The fourth-order valence-electron chi connectivity index (χ4n) is 1.65. The highest BCUT2D eigenvalue weighted by molar-refractivity contribution is 5.46. The zero-order valence-corrected chi connectivity index (χ0v) is 9.35. The number of hydrogen-bond donors (Lipinski definition) is 1. The molecule has 1 unspecified atom stereocenters. The predicted octanol–water partition coefficient (Wildman–Crippen LogP) is 3.81. The van der Waals surface area contributed by atoms with Gasteiger partial charge in [0, 0.05) is 6.04 Å². The third-order valence-electron chi connectivity index (χ3n) is 2.18. The molecule has 0 spiro atoms. The van der Waals surface area contributed by atoms with Crippen LogP contribution in [0.2, 0.25) is 0 Å². The zero-order chi connectivity index (χ0) is 11.4. The topological polar surface area (TPSA) is 12.0 Å². The van der Waals surface area contributed by atoms with E-state index in [2.05, 4.69) is 19.2 Å². The molecule has 0 aromatic heterocycles. The molecule has 0 saturated heterocycles. The molecule has 1 aromatic rings. The van der Waals surface area contributed by atoms with Crippen LogP contribution >= 0.6 is 0 Å². The molecule has 0 heterocycles. The average molecular weight is 213 g/mol. The number of halogens is 2. The summed E-state index contributed by atoms with van der Waals surface area (Å²) in [4.78, 5) is 0. The number of benzene rings is 1. The van der Waals surface area contributed by atoms with Crippen LogP contribution in [0.1, 0.15) is 27.2 Å². The van der Waals surface area contributed by atoms with E-state index in [4.69, 9.17) is 0 Å². The van der Waals surface area contributed by atoms with Gasteiger partial charge in [-0.2, -0.15) is 0 Å². The minimum Gasteiger partial charge on any atom is -0.378 e. The van der Waals surface area contributed by atoms with Crippen LogP contribution in [0.15, 0.2) is 18.2 Å². The molecule has 1 nitrogen and oxygen atoms in total. The fourth-order valence-corrected chi connectivity index (χ4v) is 1.65. The van der Waals surface area contributed by atoms with Crippen LogP contribution in [0.4, 0.5) is 14.5 Å². The van der Waals surface area contributed by atoms with Crippen LogP contribution < -0.4 is 5.32 Å². The molecule has 1 atom stereocenters. The Morgan fingerprint density at radius 1 is 1.13 bits per heavy atom. The minimum atomic E-state index is -0.536. The Labute approximate surface area is 89.5 Å². The molecule has 0 fully saturated rings. The van der Waals surface area contributed by atoms with E-state index in [1.54, 1.807) is 0 Å². The van der Waals surface area contributed by atoms with Crippen molar-refractivity contribution in [1.29, 1.82) is 0 Å². The van der Waals surface area contributed by atoms with E-state index in [0.29, 0.717) is 5.92 Å². The van der Waals surface area contributed by atoms with Crippen molar-refractivity contribution in [1.82, 2.24) is 0 Å². The lowest BCUT2D eigenvalue weighted by molar-refractivity contribution is 0.528. The third-order valence-corrected chi connectivity index (χ3v) is 2.18. The van der Waals surface area contributed by atoms with Crippen LogP contribution in [0, 0.1) is 17.6 Å². The van der Waals surface area contributed by atoms with Crippen LogP contribution in [-0.4, -0.2) is 6.04 Å². The van der Waals surface area contributed by atoms with Gasteiger partial charge in [-0.25, -0.2) is 8.78 Å². The van der Waals surface area contributed by atoms with Crippen molar-refractivity contribution >= 4 is 5.69 Å². The van der Waals surface area contributed by atoms with Crippen LogP contribution in [0.25, 0.3) is 0 Å². The standard InChI is InChI=1S/C12H17F2N/c1-8(2)7-9(3)15-12-10(13)5-4-6-11(12)14/h4-6,8-9,15H,7H2,1-3H3. The number of para-hydroxylation sites is 1. The van der Waals surface area contributed by atoms with E-state index < -0.39 is 11.6 Å². The predicted molar refractivity (Wildman–Crippen MR) is 58.9 cm³/mol. The maximum atomic E-state index is 13.2. The summed E-state index contributed by atoms with van der Waals surface area (Å²) in [5, 5.41) is 2.86. The molecule has 0 bridgehead atoms. The van der Waals surface area contributed by atoms with Gasteiger partial charge in [0.2, 0.25) is 0 Å². The Balaban J connectivity index is 2.71. The summed E-state index contributed by atoms with van der Waals surface area (Å²) in [6.45, 7) is 6.08. The Morgan fingerprint density at radius 3 is 2.13 bits per heavy atom. The van der Waals surface area contributed by atoms with E-state index in [9.17, 15) is 8.78 Å². The summed E-state index contributed by atoms with van der Waals surface area (Å²) in [5.41, 5.74) is -0.0225. The number of rotatable bonds is 4. The van der Waals surface area contributed by atoms with Gasteiger partial charge in [0.15, 0.2) is 0 Å². The first-order chi connectivity index (χ1) is 7.00. The molecule has 0 radical (unpaired) electrons. The molecule has 1 N–H and O–H groups in total. The van der Waals surface area contributed by atoms with E-state index >= 15 is 0 Å². The first-order valence-corrected chi connectivity index (χ1v) is 5.21. The van der Waals surface area contributed by atoms with Crippen LogP contribution in [-0.2, 0) is 0 Å². The van der Waals surface area contributed by atoms with E-state index in [-0.39, 0.29) is 11.7 Å². The first kappa shape index (κ1) is 12.0. The number of anilines is 1. The normalized spacial score (nSPS) is 12.9. The van der Waals surface area contributed by atoms with Gasteiger partial charge in [-0.3, -0.25) is 0 Å². The molecule has 15 heavy (non-hydrogen) atoms. The zero-order valence-electron chi connectivity index (χ0n) is 9.35. The third kappa shape index (κ3) is 3.50. The SMILES string of the molecule is CC(C)CC(C)Nc1c(F)cccc1F. The molecule has 0 saturated carbocycles. The van der Waals surface area contributed by atoms with Crippen molar-refractivity contribution in [2.75, 3.05) is 5.32 Å². The van der Waals surface area contributed by atoms with Gasteiger partial charge < -0.3 is 5.32 Å². The summed E-state index contributed by atoms with van der Waals surface area (Å²) < 4.78 is 26.5. The molecular weight excluding hydrogens is 196 g/mol. The van der Waals surface area contributed by atoms with E-state index in [1.807, 2.05) is 6.92 Å². The lowest BCUT2D eigenvalue weighted by Gasteiger charge is -2.17. The Bertz CT molecular complexity index is 303. The van der Waals surface area contributed by atoms with Crippen molar-refractivity contribution in [2.24, 2.45) is 5.92 Å². The number of nitrogens with one attached hydrogen (secondary N) is 1. The van der Waals surface area contributed by atoms with Crippen molar-refractivity contribution in [3.05, 3.63) is 29.8 Å². The molecule has 0 aliphatic rings. The maximum absolute atomic E-state index is 13.2. The first-order valence-electron chi connectivity index (χ1n) is 5.21. The highest BCUT2D eigenvalue weighted by Gasteiger charge is 2.11. The van der Waals surface area contributed by atoms with Gasteiger partial charge in [0.05, 0.1) is 0 Å². The van der Waals surface area contributed by atoms with Gasteiger partial charge >= 0.3 is 0 Å². The Morgan fingerprint density at radius 2 is 1.67 bits per heavy atom. The molecule has 1 rings (SSSR count). The number of hydrogen-bond acceptors (Lipinski definition) is 1. The molecule has 1 aromatic carbocycles. The molecule has 0 amide bonds. The summed E-state index contributed by atoms with van der Waals surface area (Å²) in [6.07, 6.45) is 0.883. The lowest BCUT2D eigenvalue weighted by Crippen LogP contribution is -2.19. The highest BCUT2D eigenvalue weighted by Crippen LogP contribution is 2.20. The monoisotopic (exact) mass is 213 g/mol. The van der Waals surface area contributed by atoms with E-state index in [0.717, 1.165) is 6.42 Å². The maximum Gasteiger partial charge on any atom is 0.149 e. The summed E-state index contributed by atoms with van der Waals surface area (Å²) in [5.74, 6) is -0.571. The molecule has 3 heteroatoms. The van der Waals surface area contributed by atoms with Gasteiger partial charge in [0.25, 0.3) is 0 Å². The van der Waals surface area contributed by atoms with Gasteiger partial charge in [0.1, 0.15) is 17.3 Å². The molecular formula is C12H17F2N. The quantitative estimate of drug-likeness (QED) is 0.801.